The number of rotatable bonds is 5. The summed E-state index contributed by atoms with van der Waals surface area (Å²) in [7, 11) is 0. The van der Waals surface area contributed by atoms with Crippen molar-refractivity contribution in [3.8, 4) is 0 Å². The minimum Gasteiger partial charge on any atom is -0.356 e. The van der Waals surface area contributed by atoms with Gasteiger partial charge in [-0.25, -0.2) is 9.97 Å². The van der Waals surface area contributed by atoms with Gasteiger partial charge < -0.3 is 10.6 Å². The van der Waals surface area contributed by atoms with Crippen LogP contribution in [0.3, 0.4) is 0 Å². The quantitative estimate of drug-likeness (QED) is 0.790. The molecule has 0 fully saturated rings. The summed E-state index contributed by atoms with van der Waals surface area (Å²) in [5.41, 5.74) is 6.62. The zero-order valence-corrected chi connectivity index (χ0v) is 9.77. The van der Waals surface area contributed by atoms with Gasteiger partial charge in [-0.15, -0.1) is 0 Å². The molecule has 0 aliphatic heterocycles. The molecule has 0 aromatic carbocycles. The van der Waals surface area contributed by atoms with E-state index in [2.05, 4.69) is 28.7 Å². The van der Waals surface area contributed by atoms with Crippen molar-refractivity contribution in [2.45, 2.75) is 20.8 Å². The highest BCUT2D eigenvalue weighted by molar-refractivity contribution is 5.38. The second-order valence-corrected chi connectivity index (χ2v) is 3.90. The van der Waals surface area contributed by atoms with E-state index in [0.717, 1.165) is 24.6 Å². The number of hydrogen-bond acceptors (Lipinski definition) is 4. The largest absolute Gasteiger partial charge is 0.356 e. The summed E-state index contributed by atoms with van der Waals surface area (Å²) in [6, 6.07) is 2.01. The summed E-state index contributed by atoms with van der Waals surface area (Å²) in [5, 5.41) is 0. The third-order valence-electron chi connectivity index (χ3n) is 2.43. The first-order valence-electron chi connectivity index (χ1n) is 5.41. The van der Waals surface area contributed by atoms with Crippen LogP contribution in [0.25, 0.3) is 0 Å². The topological polar surface area (TPSA) is 55.0 Å². The fraction of sp³-hybridized carbons (Fsp3) is 0.636. The highest BCUT2D eigenvalue weighted by Crippen LogP contribution is 2.12. The highest BCUT2D eigenvalue weighted by atomic mass is 15.2. The maximum Gasteiger partial charge on any atom is 0.132 e. The molecule has 0 saturated heterocycles. The van der Waals surface area contributed by atoms with Crippen molar-refractivity contribution in [2.24, 2.45) is 11.7 Å². The normalized spacial score (nSPS) is 12.5. The molecule has 0 radical (unpaired) electrons. The first-order chi connectivity index (χ1) is 7.17. The Morgan fingerprint density at radius 1 is 1.47 bits per heavy atom. The Labute approximate surface area is 91.5 Å². The zero-order chi connectivity index (χ0) is 11.3. The Morgan fingerprint density at radius 2 is 2.20 bits per heavy atom. The van der Waals surface area contributed by atoms with Crippen LogP contribution < -0.4 is 10.6 Å². The van der Waals surface area contributed by atoms with Gasteiger partial charge in [0.2, 0.25) is 0 Å². The van der Waals surface area contributed by atoms with Gasteiger partial charge in [0, 0.05) is 24.8 Å². The second-order valence-electron chi connectivity index (χ2n) is 3.90. The SMILES string of the molecule is CCN(CC(C)CN)c1cc(C)ncn1. The lowest BCUT2D eigenvalue weighted by atomic mass is 10.1. The molecule has 0 aliphatic carbocycles. The van der Waals surface area contributed by atoms with Crippen molar-refractivity contribution in [1.82, 2.24) is 9.97 Å². The number of nitrogens with zero attached hydrogens (tertiary/aromatic N) is 3. The fourth-order valence-corrected chi connectivity index (χ4v) is 1.45. The van der Waals surface area contributed by atoms with Gasteiger partial charge >= 0.3 is 0 Å². The summed E-state index contributed by atoms with van der Waals surface area (Å²) in [4.78, 5) is 10.6. The van der Waals surface area contributed by atoms with E-state index in [-0.39, 0.29) is 0 Å². The van der Waals surface area contributed by atoms with Gasteiger partial charge in [0.05, 0.1) is 0 Å². The van der Waals surface area contributed by atoms with Crippen LogP contribution in [-0.4, -0.2) is 29.6 Å². The van der Waals surface area contributed by atoms with Crippen LogP contribution in [0.1, 0.15) is 19.5 Å². The molecular weight excluding hydrogens is 188 g/mol. The lowest BCUT2D eigenvalue weighted by molar-refractivity contribution is 0.572. The number of aromatic nitrogens is 2. The maximum absolute atomic E-state index is 5.62. The summed E-state index contributed by atoms with van der Waals surface area (Å²) in [6.07, 6.45) is 1.61. The van der Waals surface area contributed by atoms with Crippen LogP contribution in [0.5, 0.6) is 0 Å². The van der Waals surface area contributed by atoms with Crippen LogP contribution in [0.2, 0.25) is 0 Å². The standard InChI is InChI=1S/C11H20N4/c1-4-15(7-9(2)6-12)11-5-10(3)13-8-14-11/h5,8-9H,4,6-7,12H2,1-3H3. The molecule has 2 N–H and O–H groups in total. The van der Waals surface area contributed by atoms with Crippen LogP contribution in [-0.2, 0) is 0 Å². The predicted molar refractivity (Wildman–Crippen MR) is 62.9 cm³/mol. The Kier molecular flexibility index (Phi) is 4.49. The van der Waals surface area contributed by atoms with Crippen LogP contribution in [0.4, 0.5) is 5.82 Å². The molecule has 1 atom stereocenters. The lowest BCUT2D eigenvalue weighted by Gasteiger charge is -2.24. The van der Waals surface area contributed by atoms with Gasteiger partial charge in [0.15, 0.2) is 0 Å². The summed E-state index contributed by atoms with van der Waals surface area (Å²) in [5.74, 6) is 1.48. The number of anilines is 1. The average molecular weight is 208 g/mol. The molecular formula is C11H20N4. The van der Waals surface area contributed by atoms with Crippen molar-refractivity contribution in [3.63, 3.8) is 0 Å². The zero-order valence-electron chi connectivity index (χ0n) is 9.77. The fourth-order valence-electron chi connectivity index (χ4n) is 1.45. The van der Waals surface area contributed by atoms with Gasteiger partial charge in [-0.1, -0.05) is 6.92 Å². The van der Waals surface area contributed by atoms with E-state index in [1.165, 1.54) is 0 Å². The Bertz CT molecular complexity index is 300. The second kappa shape index (κ2) is 5.66. The van der Waals surface area contributed by atoms with Crippen LogP contribution >= 0.6 is 0 Å². The first kappa shape index (κ1) is 11.9. The first-order valence-corrected chi connectivity index (χ1v) is 5.41. The van der Waals surface area contributed by atoms with E-state index in [1.54, 1.807) is 6.33 Å². The average Bonchev–Trinajstić information content (AvgIpc) is 2.25. The number of nitrogens with two attached hydrogens (primary N) is 1. The molecule has 1 unspecified atom stereocenters. The number of hydrogen-bond donors (Lipinski definition) is 1. The van der Waals surface area contributed by atoms with E-state index in [1.807, 2.05) is 13.0 Å². The van der Waals surface area contributed by atoms with E-state index in [9.17, 15) is 0 Å². The third kappa shape index (κ3) is 3.47. The molecule has 4 heteroatoms. The molecule has 1 aromatic rings. The van der Waals surface area contributed by atoms with Gasteiger partial charge in [-0.05, 0) is 26.3 Å². The van der Waals surface area contributed by atoms with Crippen molar-refractivity contribution < 1.29 is 0 Å². The van der Waals surface area contributed by atoms with Crippen molar-refractivity contribution >= 4 is 5.82 Å². The molecule has 0 aliphatic rings. The molecule has 1 rings (SSSR count). The van der Waals surface area contributed by atoms with Crippen molar-refractivity contribution in [1.29, 1.82) is 0 Å². The van der Waals surface area contributed by atoms with E-state index >= 15 is 0 Å². The lowest BCUT2D eigenvalue weighted by Crippen LogP contribution is -2.32. The molecule has 0 spiro atoms. The predicted octanol–water partition coefficient (Wildman–Crippen LogP) is 1.21. The maximum atomic E-state index is 5.62. The van der Waals surface area contributed by atoms with Crippen molar-refractivity contribution in [3.05, 3.63) is 18.1 Å². The molecule has 0 bridgehead atoms. The summed E-state index contributed by atoms with van der Waals surface area (Å²) < 4.78 is 0. The molecule has 1 heterocycles. The van der Waals surface area contributed by atoms with Gasteiger partial charge in [0.1, 0.15) is 12.1 Å². The Morgan fingerprint density at radius 3 is 2.73 bits per heavy atom. The minimum absolute atomic E-state index is 0.486. The molecule has 4 nitrogen and oxygen atoms in total. The van der Waals surface area contributed by atoms with E-state index in [0.29, 0.717) is 12.5 Å². The van der Waals surface area contributed by atoms with Gasteiger partial charge in [-0.2, -0.15) is 0 Å². The van der Waals surface area contributed by atoms with E-state index in [4.69, 9.17) is 5.73 Å². The minimum atomic E-state index is 0.486. The summed E-state index contributed by atoms with van der Waals surface area (Å²) in [6.45, 7) is 8.85. The number of aryl methyl sites for hydroxylation is 1. The molecule has 1 aromatic heterocycles. The highest BCUT2D eigenvalue weighted by Gasteiger charge is 2.09. The molecule has 0 saturated carbocycles. The third-order valence-corrected chi connectivity index (χ3v) is 2.43. The smallest absolute Gasteiger partial charge is 0.132 e. The van der Waals surface area contributed by atoms with Crippen molar-refractivity contribution in [2.75, 3.05) is 24.5 Å². The van der Waals surface area contributed by atoms with E-state index < -0.39 is 0 Å². The van der Waals surface area contributed by atoms with Crippen LogP contribution in [0.15, 0.2) is 12.4 Å². The summed E-state index contributed by atoms with van der Waals surface area (Å²) >= 11 is 0. The molecule has 84 valence electrons. The van der Waals surface area contributed by atoms with Crippen LogP contribution in [0, 0.1) is 12.8 Å². The monoisotopic (exact) mass is 208 g/mol. The Hall–Kier alpha value is -1.16. The van der Waals surface area contributed by atoms with Gasteiger partial charge in [0.25, 0.3) is 0 Å². The van der Waals surface area contributed by atoms with Gasteiger partial charge in [-0.3, -0.25) is 0 Å². The Balaban J connectivity index is 2.73. The molecule has 0 amide bonds. The molecule has 15 heavy (non-hydrogen) atoms.